The number of para-hydroxylation sites is 1. The molecule has 19 heteroatoms. The standard InChI is InChI=1S/C59H73N11O7S/c1-34(2)55(59(74)69-32-45(71)26-50(69)58(73)63-36(4)40-10-12-41(13-11-40)56-37(5)62-33-78-56)52-28-54(66-77-52)75-21-18-38-17-20-67(35(3)22-38)29-39-23-46(24-39)76-53-25-42(16-19-61-53)70-43-14-15-44(70)31-68(30-43)49-27-48(64-65-57(49)60)47-8-6-7-9-51(47)72/h6-13,16,19,25,27-28,33-36,38-39,43-46,50,55,71-72H,14-15,17-18,20-24,26,29-32H2,1-5H3,(H2,60,65)(H,63,73)/t35-,36-,38-,39?,43+,44?,45+,46?,50-,55-/m0/s1. The second-order valence-corrected chi connectivity index (χ2v) is 23.7. The first-order valence-corrected chi connectivity index (χ1v) is 28.8. The van der Waals surface area contributed by atoms with Crippen LogP contribution in [0.15, 0.2) is 89.0 Å². The van der Waals surface area contributed by atoms with Crippen LogP contribution in [0, 0.1) is 24.7 Å². The number of aliphatic hydroxyl groups excluding tert-OH is 1. The molecule has 412 valence electrons. The molecular weight excluding hydrogens is 1010 g/mol. The van der Waals surface area contributed by atoms with Crippen LogP contribution in [0.1, 0.15) is 108 Å². The number of hydrogen-bond acceptors (Lipinski definition) is 17. The van der Waals surface area contributed by atoms with Gasteiger partial charge in [-0.3, -0.25) is 9.59 Å². The van der Waals surface area contributed by atoms with Crippen molar-refractivity contribution < 1.29 is 33.8 Å². The maximum Gasteiger partial charge on any atom is 0.254 e. The number of likely N-dealkylation sites (tertiary alicyclic amines) is 2. The number of anilines is 3. The van der Waals surface area contributed by atoms with Crippen LogP contribution in [0.4, 0.5) is 17.2 Å². The third-order valence-electron chi connectivity index (χ3n) is 17.1. The predicted molar refractivity (Wildman–Crippen MR) is 299 cm³/mol. The fourth-order valence-electron chi connectivity index (χ4n) is 12.8. The number of phenolic OH excluding ortho intramolecular Hbond substituents is 1. The third-order valence-corrected chi connectivity index (χ3v) is 18.1. The zero-order valence-electron chi connectivity index (χ0n) is 45.3. The Labute approximate surface area is 460 Å². The molecule has 0 radical (unpaired) electrons. The van der Waals surface area contributed by atoms with E-state index >= 15 is 0 Å². The van der Waals surface area contributed by atoms with Crippen LogP contribution in [0.25, 0.3) is 21.7 Å². The maximum atomic E-state index is 14.3. The average molecular weight is 1080 g/mol. The summed E-state index contributed by atoms with van der Waals surface area (Å²) in [5, 5.41) is 37.1. The average Bonchev–Trinajstić information content (AvgIpc) is 4.34. The van der Waals surface area contributed by atoms with E-state index in [1.54, 1.807) is 29.5 Å². The second-order valence-electron chi connectivity index (χ2n) is 22.8. The number of piperidine rings is 1. The molecule has 2 aromatic carbocycles. The molecule has 1 saturated carbocycles. The molecule has 5 fully saturated rings. The van der Waals surface area contributed by atoms with E-state index in [0.717, 1.165) is 104 Å². The van der Waals surface area contributed by atoms with E-state index in [9.17, 15) is 19.8 Å². The highest BCUT2D eigenvalue weighted by Gasteiger charge is 2.45. The fraction of sp³-hybridized carbons (Fsp3) is 0.508. The van der Waals surface area contributed by atoms with Crippen molar-refractivity contribution in [3.63, 3.8) is 0 Å². The Morgan fingerprint density at radius 3 is 2.42 bits per heavy atom. The number of nitrogens with zero attached hydrogens (tertiary/aromatic N) is 9. The fourth-order valence-corrected chi connectivity index (χ4v) is 13.6. The number of β-amino-alcohol motifs (C(OH)–C–C–N with tert-alkyl or cyclic N) is 1. The van der Waals surface area contributed by atoms with Crippen molar-refractivity contribution in [2.45, 2.75) is 134 Å². The van der Waals surface area contributed by atoms with Gasteiger partial charge in [-0.05, 0) is 131 Å². The lowest BCUT2D eigenvalue weighted by molar-refractivity contribution is -0.141. The zero-order chi connectivity index (χ0) is 54.2. The molecule has 4 saturated heterocycles. The van der Waals surface area contributed by atoms with E-state index in [-0.39, 0.29) is 48.6 Å². The largest absolute Gasteiger partial charge is 0.507 e. The van der Waals surface area contributed by atoms with Gasteiger partial charge in [0.25, 0.3) is 5.88 Å². The van der Waals surface area contributed by atoms with Crippen LogP contribution in [-0.4, -0.2) is 133 Å². The molecule has 4 aromatic heterocycles. The van der Waals surface area contributed by atoms with Crippen molar-refractivity contribution >= 4 is 40.3 Å². The van der Waals surface area contributed by atoms with Crippen LogP contribution in [0.2, 0.25) is 0 Å². The first-order valence-electron chi connectivity index (χ1n) is 27.9. The molecule has 0 spiro atoms. The molecule has 18 nitrogen and oxygen atoms in total. The van der Waals surface area contributed by atoms with Gasteiger partial charge in [0.2, 0.25) is 17.7 Å². The Hall–Kier alpha value is -6.83. The number of pyridine rings is 1. The number of hydrogen-bond donors (Lipinski definition) is 4. The van der Waals surface area contributed by atoms with Crippen LogP contribution >= 0.6 is 11.3 Å². The van der Waals surface area contributed by atoms with Crippen molar-refractivity contribution in [3.8, 4) is 39.2 Å². The Kier molecular flexibility index (Phi) is 15.6. The first-order chi connectivity index (χ1) is 37.7. The predicted octanol–water partition coefficient (Wildman–Crippen LogP) is 8.41. The summed E-state index contributed by atoms with van der Waals surface area (Å²) >= 11 is 1.60. The summed E-state index contributed by atoms with van der Waals surface area (Å²) in [5.74, 6) is 1.62. The molecule has 5 aliphatic rings. The number of aromatic hydroxyl groups is 1. The van der Waals surface area contributed by atoms with Crippen molar-refractivity contribution in [2.24, 2.45) is 17.8 Å². The van der Waals surface area contributed by atoms with Gasteiger partial charge in [-0.2, -0.15) is 0 Å². The molecular formula is C59H73N11O7S. The number of fused-ring (bicyclic) bond motifs is 2. The number of aliphatic hydroxyl groups is 1. The summed E-state index contributed by atoms with van der Waals surface area (Å²) in [7, 11) is 0. The van der Waals surface area contributed by atoms with E-state index in [2.05, 4.69) is 64.4 Å². The highest BCUT2D eigenvalue weighted by molar-refractivity contribution is 7.13. The summed E-state index contributed by atoms with van der Waals surface area (Å²) in [6, 6.07) is 23.0. The number of rotatable bonds is 18. The van der Waals surface area contributed by atoms with Crippen molar-refractivity contribution in [1.29, 1.82) is 0 Å². The number of aromatic nitrogens is 5. The second kappa shape index (κ2) is 22.9. The molecule has 78 heavy (non-hydrogen) atoms. The highest BCUT2D eigenvalue weighted by Crippen LogP contribution is 2.41. The smallest absolute Gasteiger partial charge is 0.254 e. The number of carbonyl (C=O) groups excluding carboxylic acids is 2. The van der Waals surface area contributed by atoms with E-state index in [1.165, 1.54) is 4.90 Å². The zero-order valence-corrected chi connectivity index (χ0v) is 46.1. The van der Waals surface area contributed by atoms with Crippen molar-refractivity contribution in [2.75, 3.05) is 54.9 Å². The Morgan fingerprint density at radius 2 is 1.69 bits per heavy atom. The lowest BCUT2D eigenvalue weighted by Crippen LogP contribution is -2.54. The summed E-state index contributed by atoms with van der Waals surface area (Å²) in [4.78, 5) is 47.2. The number of carbonyl (C=O) groups is 2. The monoisotopic (exact) mass is 1080 g/mol. The minimum Gasteiger partial charge on any atom is -0.507 e. The number of nitrogens with one attached hydrogen (secondary N) is 1. The molecule has 2 bridgehead atoms. The summed E-state index contributed by atoms with van der Waals surface area (Å²) in [6.45, 7) is 14.4. The maximum absolute atomic E-state index is 14.3. The number of piperazine rings is 1. The van der Waals surface area contributed by atoms with Gasteiger partial charge in [0.05, 0.1) is 46.2 Å². The molecule has 6 aromatic rings. The SMILES string of the molecule is Cc1ncsc1-c1ccc([C@H](C)NC(=O)[C@@H]2C[C@@H](O)CN2C(=O)[C@H](c2cc(OCC[C@@H]3CCN(CC4CC(Oc5cc(N6C7CC[C@@H]6CN(c6cc(-c8ccccc8O)nnc6N)C7)ccn5)C4)[C@@H](C)C3)no2)C(C)C)cc1. The minimum atomic E-state index is -0.821. The number of amides is 2. The number of nitrogen functional groups attached to an aromatic ring is 1. The van der Waals surface area contributed by atoms with E-state index in [4.69, 9.17) is 19.7 Å². The lowest BCUT2D eigenvalue weighted by atomic mass is 9.80. The Bertz CT molecular complexity index is 3040. The topological polar surface area (TPSA) is 222 Å². The Morgan fingerprint density at radius 1 is 0.910 bits per heavy atom. The number of aryl methyl sites for hydroxylation is 1. The molecule has 2 amide bonds. The number of nitrogens with two attached hydrogens (primary N) is 1. The van der Waals surface area contributed by atoms with Crippen LogP contribution in [0.5, 0.6) is 17.5 Å². The van der Waals surface area contributed by atoms with E-state index < -0.39 is 18.1 Å². The van der Waals surface area contributed by atoms with Gasteiger partial charge in [-0.25, -0.2) is 9.97 Å². The van der Waals surface area contributed by atoms with Crippen LogP contribution in [0.3, 0.4) is 0 Å². The summed E-state index contributed by atoms with van der Waals surface area (Å²) < 4.78 is 18.4. The van der Waals surface area contributed by atoms with Crippen molar-refractivity contribution in [3.05, 3.63) is 102 Å². The molecule has 5 N–H and O–H groups in total. The molecule has 1 aliphatic carbocycles. The van der Waals surface area contributed by atoms with Gasteiger partial charge in [-0.15, -0.1) is 21.5 Å². The minimum absolute atomic E-state index is 0.0623. The van der Waals surface area contributed by atoms with E-state index in [1.807, 2.05) is 81.9 Å². The molecule has 4 aliphatic heterocycles. The van der Waals surface area contributed by atoms with Gasteiger partial charge in [0, 0.05) is 80.3 Å². The number of benzene rings is 2. The molecule has 8 heterocycles. The summed E-state index contributed by atoms with van der Waals surface area (Å²) in [5.41, 5.74) is 14.5. The number of phenols is 1. The molecule has 11 rings (SSSR count). The van der Waals surface area contributed by atoms with Gasteiger partial charge < -0.3 is 54.9 Å². The van der Waals surface area contributed by atoms with Gasteiger partial charge in [0.1, 0.15) is 23.8 Å². The molecule has 8 atom stereocenters. The summed E-state index contributed by atoms with van der Waals surface area (Å²) in [6.07, 6.45) is 8.65. The molecule has 1 unspecified atom stereocenters. The van der Waals surface area contributed by atoms with Gasteiger partial charge in [0.15, 0.2) is 11.6 Å². The number of thiazole rings is 1. The van der Waals surface area contributed by atoms with Crippen molar-refractivity contribution in [1.82, 2.24) is 40.4 Å². The van der Waals surface area contributed by atoms with Crippen LogP contribution < -0.4 is 30.3 Å². The van der Waals surface area contributed by atoms with Gasteiger partial charge in [-0.1, -0.05) is 50.2 Å². The van der Waals surface area contributed by atoms with Crippen LogP contribution in [-0.2, 0) is 9.59 Å². The van der Waals surface area contributed by atoms with E-state index in [0.29, 0.717) is 71.2 Å². The third kappa shape index (κ3) is 11.4. The quantitative estimate of drug-likeness (QED) is 0.0634. The first kappa shape index (κ1) is 53.2. The number of ether oxygens (including phenoxy) is 2. The Balaban J connectivity index is 0.610. The lowest BCUT2D eigenvalue weighted by Gasteiger charge is -2.44. The normalized spacial score (nSPS) is 25.0. The highest BCUT2D eigenvalue weighted by atomic mass is 32.1. The van der Waals surface area contributed by atoms with Gasteiger partial charge >= 0.3 is 0 Å².